The third kappa shape index (κ3) is 5.24. The minimum absolute atomic E-state index is 0.346. The fourth-order valence-electron chi connectivity index (χ4n) is 3.77. The third-order valence-electron chi connectivity index (χ3n) is 5.34. The molecule has 0 saturated heterocycles. The monoisotopic (exact) mass is 411 g/mol. The Labute approximate surface area is 175 Å². The van der Waals surface area contributed by atoms with Crippen LogP contribution in [0.25, 0.3) is 10.8 Å². The highest BCUT2D eigenvalue weighted by atomic mass is 32.2. The molecular weight excluding hydrogens is 380 g/mol. The molecule has 0 saturated carbocycles. The van der Waals surface area contributed by atoms with Crippen molar-refractivity contribution >= 4 is 20.8 Å². The van der Waals surface area contributed by atoms with Gasteiger partial charge in [-0.15, -0.1) is 0 Å². The van der Waals surface area contributed by atoms with Gasteiger partial charge >= 0.3 is 0 Å². The first-order valence-corrected chi connectivity index (χ1v) is 11.4. The molecule has 0 unspecified atom stereocenters. The molecule has 5 heteroatoms. The topological polar surface area (TPSA) is 37.4 Å². The fourth-order valence-corrected chi connectivity index (χ4v) is 4.97. The average molecular weight is 412 g/mol. The number of nitrogens with zero attached hydrogens (tertiary/aromatic N) is 2. The molecule has 0 amide bonds. The summed E-state index contributed by atoms with van der Waals surface area (Å²) < 4.78 is 28.3. The first-order chi connectivity index (χ1) is 13.6. The van der Waals surface area contributed by atoms with Crippen molar-refractivity contribution in [2.75, 3.05) is 34.2 Å². The number of benzene rings is 3. The number of aryl methyl sites for hydroxylation is 2. The molecule has 0 aliphatic heterocycles. The van der Waals surface area contributed by atoms with Crippen molar-refractivity contribution in [3.05, 3.63) is 77.4 Å². The Bertz CT molecular complexity index is 1100. The molecule has 3 aromatic carbocycles. The maximum absolute atomic E-state index is 13.1. The van der Waals surface area contributed by atoms with Crippen molar-refractivity contribution in [3.8, 4) is 0 Å². The second-order valence-electron chi connectivity index (χ2n) is 8.65. The quantitative estimate of drug-likeness (QED) is 0.542. The lowest BCUT2D eigenvalue weighted by molar-refractivity contribution is -0.902. The van der Waals surface area contributed by atoms with Crippen LogP contribution in [0.4, 0.5) is 0 Å². The van der Waals surface area contributed by atoms with Crippen LogP contribution in [-0.4, -0.2) is 51.4 Å². The van der Waals surface area contributed by atoms with Gasteiger partial charge in [0.2, 0.25) is 10.0 Å². The van der Waals surface area contributed by atoms with Gasteiger partial charge in [-0.1, -0.05) is 59.7 Å². The van der Waals surface area contributed by atoms with Gasteiger partial charge in [-0.05, 0) is 36.8 Å². The Morgan fingerprint density at radius 1 is 0.862 bits per heavy atom. The second-order valence-corrected chi connectivity index (χ2v) is 10.7. The predicted molar refractivity (Wildman–Crippen MR) is 120 cm³/mol. The van der Waals surface area contributed by atoms with Crippen molar-refractivity contribution in [3.63, 3.8) is 0 Å². The zero-order chi connectivity index (χ0) is 21.2. The van der Waals surface area contributed by atoms with E-state index in [1.165, 1.54) is 21.0 Å². The average Bonchev–Trinajstić information content (AvgIpc) is 2.64. The molecule has 0 heterocycles. The largest absolute Gasteiger partial charge is 0.324 e. The van der Waals surface area contributed by atoms with Crippen molar-refractivity contribution < 1.29 is 12.9 Å². The molecule has 0 radical (unpaired) electrons. The van der Waals surface area contributed by atoms with Crippen LogP contribution in [0.1, 0.15) is 16.7 Å². The summed E-state index contributed by atoms with van der Waals surface area (Å²) in [5.74, 6) is 0. The van der Waals surface area contributed by atoms with E-state index in [9.17, 15) is 8.42 Å². The Morgan fingerprint density at radius 2 is 1.48 bits per heavy atom. The summed E-state index contributed by atoms with van der Waals surface area (Å²) in [5.41, 5.74) is 3.81. The molecule has 0 aromatic heterocycles. The lowest BCUT2D eigenvalue weighted by Gasteiger charge is -2.32. The van der Waals surface area contributed by atoms with Gasteiger partial charge in [-0.25, -0.2) is 8.42 Å². The molecule has 0 aliphatic carbocycles. The van der Waals surface area contributed by atoms with E-state index in [1.807, 2.05) is 30.3 Å². The van der Waals surface area contributed by atoms with E-state index >= 15 is 0 Å². The number of hydrogen-bond acceptors (Lipinski definition) is 2. The number of fused-ring (bicyclic) bond motifs is 1. The molecule has 0 atom stereocenters. The number of rotatable bonds is 7. The van der Waals surface area contributed by atoms with Gasteiger partial charge in [0.25, 0.3) is 0 Å². The summed E-state index contributed by atoms with van der Waals surface area (Å²) in [6, 6.07) is 19.7. The number of sulfonamides is 1. The van der Waals surface area contributed by atoms with Gasteiger partial charge in [0.15, 0.2) is 0 Å². The van der Waals surface area contributed by atoms with Crippen molar-refractivity contribution in [2.24, 2.45) is 0 Å². The Morgan fingerprint density at radius 3 is 2.14 bits per heavy atom. The molecule has 29 heavy (non-hydrogen) atoms. The molecule has 0 spiro atoms. The van der Waals surface area contributed by atoms with E-state index in [1.54, 1.807) is 19.2 Å². The molecule has 3 rings (SSSR count). The van der Waals surface area contributed by atoms with Gasteiger partial charge in [0, 0.05) is 12.6 Å². The van der Waals surface area contributed by atoms with Crippen molar-refractivity contribution in [2.45, 2.75) is 25.3 Å². The first-order valence-electron chi connectivity index (χ1n) is 9.91. The predicted octanol–water partition coefficient (Wildman–Crippen LogP) is 4.35. The van der Waals surface area contributed by atoms with Crippen molar-refractivity contribution in [1.82, 2.24) is 4.31 Å². The van der Waals surface area contributed by atoms with E-state index < -0.39 is 10.0 Å². The van der Waals surface area contributed by atoms with E-state index in [4.69, 9.17) is 0 Å². The zero-order valence-corrected chi connectivity index (χ0v) is 18.8. The van der Waals surface area contributed by atoms with Crippen LogP contribution in [0.15, 0.2) is 65.6 Å². The van der Waals surface area contributed by atoms with Crippen molar-refractivity contribution in [1.29, 1.82) is 0 Å². The zero-order valence-electron chi connectivity index (χ0n) is 18.0. The van der Waals surface area contributed by atoms with Gasteiger partial charge in [-0.3, -0.25) is 0 Å². The molecule has 154 valence electrons. The fraction of sp³-hybridized carbons (Fsp3) is 0.333. The number of quaternary nitrogens is 1. The maximum atomic E-state index is 13.1. The maximum Gasteiger partial charge on any atom is 0.243 e. The van der Waals surface area contributed by atoms with Crippen LogP contribution >= 0.6 is 0 Å². The highest BCUT2D eigenvalue weighted by Gasteiger charge is 2.24. The Hall–Kier alpha value is -2.21. The smallest absolute Gasteiger partial charge is 0.243 e. The van der Waals surface area contributed by atoms with Gasteiger partial charge in [0.05, 0.1) is 32.1 Å². The minimum Gasteiger partial charge on any atom is -0.324 e. The SMILES string of the molecule is Cc1cc(C)cc(C[N+](C)(C)CCN(C)S(=O)(=O)c2ccc3ccccc3c2)c1. The molecular formula is C24H31N2O2S+. The highest BCUT2D eigenvalue weighted by molar-refractivity contribution is 7.89. The van der Waals surface area contributed by atoms with E-state index in [0.29, 0.717) is 11.4 Å². The van der Waals surface area contributed by atoms with Crippen LogP contribution in [0, 0.1) is 13.8 Å². The third-order valence-corrected chi connectivity index (χ3v) is 7.19. The number of hydrogen-bond donors (Lipinski definition) is 0. The van der Waals surface area contributed by atoms with Gasteiger partial charge in [-0.2, -0.15) is 4.31 Å². The van der Waals surface area contributed by atoms with E-state index in [2.05, 4.69) is 46.1 Å². The normalized spacial score (nSPS) is 12.6. The lowest BCUT2D eigenvalue weighted by atomic mass is 10.1. The van der Waals surface area contributed by atoms with Gasteiger partial charge < -0.3 is 4.48 Å². The van der Waals surface area contributed by atoms with Gasteiger partial charge in [0.1, 0.15) is 6.54 Å². The van der Waals surface area contributed by atoms with E-state index in [-0.39, 0.29) is 0 Å². The minimum atomic E-state index is -3.52. The lowest BCUT2D eigenvalue weighted by Crippen LogP contribution is -2.45. The summed E-state index contributed by atoms with van der Waals surface area (Å²) >= 11 is 0. The Kier molecular flexibility index (Phi) is 6.13. The summed E-state index contributed by atoms with van der Waals surface area (Å²) in [7, 11) is 2.45. The summed E-state index contributed by atoms with van der Waals surface area (Å²) in [6.45, 7) is 6.29. The molecule has 0 aliphatic rings. The van der Waals surface area contributed by atoms with Crippen LogP contribution in [0.3, 0.4) is 0 Å². The molecule has 4 nitrogen and oxygen atoms in total. The number of likely N-dealkylation sites (N-methyl/N-ethyl adjacent to an activating group) is 2. The molecule has 0 N–H and O–H groups in total. The highest BCUT2D eigenvalue weighted by Crippen LogP contribution is 2.21. The summed E-state index contributed by atoms with van der Waals surface area (Å²) in [5, 5.41) is 1.98. The second kappa shape index (κ2) is 8.27. The molecule has 0 fully saturated rings. The summed E-state index contributed by atoms with van der Waals surface area (Å²) in [4.78, 5) is 0.346. The first kappa shape index (κ1) is 21.5. The standard InChI is InChI=1S/C24H31N2O2S/c1-19-14-20(2)16-21(15-19)18-26(4,5)13-12-25(3)29(27,28)24-11-10-22-8-6-7-9-23(22)17-24/h6-11,14-17H,12-13,18H2,1-5H3/q+1. The van der Waals surface area contributed by atoms with Crippen LogP contribution < -0.4 is 0 Å². The Balaban J connectivity index is 1.71. The molecule has 3 aromatic rings. The van der Waals surface area contributed by atoms with Crippen LogP contribution in [0.5, 0.6) is 0 Å². The molecule has 0 bridgehead atoms. The van der Waals surface area contributed by atoms with Crippen LogP contribution in [0.2, 0.25) is 0 Å². The van der Waals surface area contributed by atoms with Crippen LogP contribution in [-0.2, 0) is 16.6 Å². The van der Waals surface area contributed by atoms with E-state index in [0.717, 1.165) is 28.3 Å². The summed E-state index contributed by atoms with van der Waals surface area (Å²) in [6.07, 6.45) is 0.